The van der Waals surface area contributed by atoms with Crippen molar-refractivity contribution in [3.63, 3.8) is 0 Å². The van der Waals surface area contributed by atoms with Crippen LogP contribution in [0.25, 0.3) is 10.9 Å². The molecule has 0 saturated heterocycles. The van der Waals surface area contributed by atoms with Crippen molar-refractivity contribution in [1.82, 2.24) is 4.98 Å². The van der Waals surface area contributed by atoms with Crippen LogP contribution in [0.4, 0.5) is 32.0 Å². The van der Waals surface area contributed by atoms with Gasteiger partial charge in [0.25, 0.3) is 0 Å². The van der Waals surface area contributed by atoms with Crippen molar-refractivity contribution in [2.45, 2.75) is 25.2 Å². The maximum absolute atomic E-state index is 12.6. The molecule has 2 N–H and O–H groups in total. The maximum Gasteiger partial charge on any atom is 0.416 e. The summed E-state index contributed by atoms with van der Waals surface area (Å²) in [5.41, 5.74) is 1.46. The van der Waals surface area contributed by atoms with Crippen LogP contribution < -0.4 is 9.46 Å². The van der Waals surface area contributed by atoms with Crippen LogP contribution in [0.15, 0.2) is 48.7 Å². The van der Waals surface area contributed by atoms with Crippen molar-refractivity contribution in [1.29, 1.82) is 0 Å². The summed E-state index contributed by atoms with van der Waals surface area (Å²) in [4.78, 5) is 3.03. The van der Waals surface area contributed by atoms with E-state index in [4.69, 9.17) is 4.74 Å². The first kappa shape index (κ1) is 22.2. The van der Waals surface area contributed by atoms with Gasteiger partial charge in [-0.2, -0.15) is 26.3 Å². The summed E-state index contributed by atoms with van der Waals surface area (Å²) in [6.07, 6.45) is -7.34. The number of hydrogen-bond donors (Lipinski definition) is 2. The molecule has 0 fully saturated rings. The first-order valence-electron chi connectivity index (χ1n) is 8.96. The standard InChI is InChI=1S/C20H18F6N2OS/c21-19(22,23)8-10-30-28-18-12-27-17-6-5-15(11-16(17)18)29-9-7-13-1-3-14(4-2-13)20(24,25)26/h1-6,11-12,27-28H,7-10H2. The highest BCUT2D eigenvalue weighted by Gasteiger charge is 2.29. The lowest BCUT2D eigenvalue weighted by atomic mass is 10.1. The fraction of sp³-hybridized carbons (Fsp3) is 0.300. The Morgan fingerprint density at radius 3 is 2.37 bits per heavy atom. The zero-order chi connectivity index (χ0) is 21.8. The normalized spacial score (nSPS) is 12.3. The smallest absolute Gasteiger partial charge is 0.416 e. The molecule has 0 bridgehead atoms. The number of halogens is 6. The molecule has 1 aromatic heterocycles. The van der Waals surface area contributed by atoms with Crippen molar-refractivity contribution < 1.29 is 31.1 Å². The second-order valence-corrected chi connectivity index (χ2v) is 7.42. The monoisotopic (exact) mass is 448 g/mol. The predicted molar refractivity (Wildman–Crippen MR) is 106 cm³/mol. The lowest BCUT2D eigenvalue weighted by molar-refractivity contribution is -0.137. The molecule has 10 heteroatoms. The lowest BCUT2D eigenvalue weighted by Crippen LogP contribution is -2.08. The zero-order valence-electron chi connectivity index (χ0n) is 15.5. The molecule has 0 atom stereocenters. The largest absolute Gasteiger partial charge is 0.493 e. The third-order valence-electron chi connectivity index (χ3n) is 4.26. The van der Waals surface area contributed by atoms with E-state index in [1.54, 1.807) is 24.4 Å². The van der Waals surface area contributed by atoms with Gasteiger partial charge in [0.1, 0.15) is 5.75 Å². The summed E-state index contributed by atoms with van der Waals surface area (Å²) < 4.78 is 83.1. The topological polar surface area (TPSA) is 37.0 Å². The molecule has 1 heterocycles. The second kappa shape index (κ2) is 9.11. The number of anilines is 1. The third kappa shape index (κ3) is 6.25. The molecule has 3 rings (SSSR count). The Balaban J connectivity index is 1.55. The molecule has 3 nitrogen and oxygen atoms in total. The third-order valence-corrected chi connectivity index (χ3v) is 5.04. The molecule has 0 amide bonds. The lowest BCUT2D eigenvalue weighted by Gasteiger charge is -2.09. The van der Waals surface area contributed by atoms with Crippen molar-refractivity contribution >= 4 is 28.5 Å². The van der Waals surface area contributed by atoms with Crippen molar-refractivity contribution in [2.24, 2.45) is 0 Å². The number of rotatable bonds is 8. The van der Waals surface area contributed by atoms with Crippen molar-refractivity contribution in [3.8, 4) is 5.75 Å². The van der Waals surface area contributed by atoms with Crippen LogP contribution in [-0.2, 0) is 12.6 Å². The molecule has 162 valence electrons. The van der Waals surface area contributed by atoms with Gasteiger partial charge in [0.15, 0.2) is 0 Å². The van der Waals surface area contributed by atoms with Crippen LogP contribution in [0.3, 0.4) is 0 Å². The van der Waals surface area contributed by atoms with Gasteiger partial charge >= 0.3 is 12.4 Å². The summed E-state index contributed by atoms with van der Waals surface area (Å²) in [5.74, 6) is 0.441. The molecule has 0 radical (unpaired) electrons. The van der Waals surface area contributed by atoms with E-state index in [-0.39, 0.29) is 12.4 Å². The van der Waals surface area contributed by atoms with Gasteiger partial charge in [-0.15, -0.1) is 0 Å². The summed E-state index contributed by atoms with van der Waals surface area (Å²) in [5, 5.41) is 0.765. The van der Waals surface area contributed by atoms with Gasteiger partial charge in [0.2, 0.25) is 0 Å². The summed E-state index contributed by atoms with van der Waals surface area (Å²) in [6.45, 7) is 0.268. The van der Waals surface area contributed by atoms with E-state index in [1.165, 1.54) is 12.1 Å². The van der Waals surface area contributed by atoms with Gasteiger partial charge in [-0.3, -0.25) is 0 Å². The molecule has 0 unspecified atom stereocenters. The Hall–Kier alpha value is -2.49. The first-order valence-corrected chi connectivity index (χ1v) is 9.95. The number of fused-ring (bicyclic) bond motifs is 1. The average molecular weight is 448 g/mol. The molecule has 3 aromatic rings. The minimum atomic E-state index is -4.36. The van der Waals surface area contributed by atoms with E-state index >= 15 is 0 Å². The van der Waals surface area contributed by atoms with Crippen LogP contribution in [0, 0.1) is 0 Å². The number of nitrogens with one attached hydrogen (secondary N) is 2. The molecule has 0 aliphatic heterocycles. The Morgan fingerprint density at radius 1 is 0.967 bits per heavy atom. The highest BCUT2D eigenvalue weighted by atomic mass is 32.2. The molecule has 0 aliphatic rings. The zero-order valence-corrected chi connectivity index (χ0v) is 16.3. The number of H-pyrrole nitrogens is 1. The van der Waals surface area contributed by atoms with E-state index in [9.17, 15) is 26.3 Å². The minimum Gasteiger partial charge on any atom is -0.493 e. The molecule has 0 aliphatic carbocycles. The van der Waals surface area contributed by atoms with Gasteiger partial charge in [-0.1, -0.05) is 24.1 Å². The highest BCUT2D eigenvalue weighted by Crippen LogP contribution is 2.31. The summed E-state index contributed by atoms with van der Waals surface area (Å²) in [7, 11) is 0. The highest BCUT2D eigenvalue weighted by molar-refractivity contribution is 8.00. The number of ether oxygens (including phenoxy) is 1. The Morgan fingerprint density at radius 2 is 1.70 bits per heavy atom. The van der Waals surface area contributed by atoms with Crippen LogP contribution in [0.2, 0.25) is 0 Å². The van der Waals surface area contributed by atoms with E-state index in [2.05, 4.69) is 9.71 Å². The molecule has 0 saturated carbocycles. The fourth-order valence-corrected chi connectivity index (χ4v) is 3.48. The van der Waals surface area contributed by atoms with Gasteiger partial charge in [0.05, 0.1) is 24.3 Å². The Labute approximate surface area is 172 Å². The van der Waals surface area contributed by atoms with Gasteiger partial charge in [-0.05, 0) is 35.9 Å². The van der Waals surface area contributed by atoms with E-state index in [1.807, 2.05) is 0 Å². The minimum absolute atomic E-state index is 0.112. The average Bonchev–Trinajstić information content (AvgIpc) is 3.06. The van der Waals surface area contributed by atoms with Gasteiger partial charge < -0.3 is 14.4 Å². The van der Waals surface area contributed by atoms with Gasteiger partial charge in [-0.25, -0.2) is 0 Å². The molecule has 0 spiro atoms. The summed E-state index contributed by atoms with van der Waals surface area (Å²) >= 11 is 0.966. The summed E-state index contributed by atoms with van der Waals surface area (Å²) in [6, 6.07) is 10.2. The number of benzene rings is 2. The first-order chi connectivity index (χ1) is 14.1. The van der Waals surface area contributed by atoms with Crippen molar-refractivity contribution in [2.75, 3.05) is 17.1 Å². The molecular formula is C20H18F6N2OS. The number of aromatic nitrogens is 1. The van der Waals surface area contributed by atoms with Crippen LogP contribution in [0.1, 0.15) is 17.5 Å². The SMILES string of the molecule is FC(F)(F)CCSNc1c[nH]c2ccc(OCCc3ccc(C(F)(F)F)cc3)cc12. The van der Waals surface area contributed by atoms with Crippen LogP contribution in [0.5, 0.6) is 5.75 Å². The van der Waals surface area contributed by atoms with E-state index in [0.29, 0.717) is 23.4 Å². The van der Waals surface area contributed by atoms with Gasteiger partial charge in [0, 0.05) is 29.3 Å². The van der Waals surface area contributed by atoms with Crippen LogP contribution >= 0.6 is 11.9 Å². The van der Waals surface area contributed by atoms with Crippen LogP contribution in [-0.4, -0.2) is 23.5 Å². The molecule has 30 heavy (non-hydrogen) atoms. The van der Waals surface area contributed by atoms with E-state index in [0.717, 1.165) is 35.0 Å². The number of alkyl halides is 6. The Bertz CT molecular complexity index is 966. The second-order valence-electron chi connectivity index (χ2n) is 6.52. The molecule has 2 aromatic carbocycles. The Kier molecular flexibility index (Phi) is 6.74. The maximum atomic E-state index is 12.6. The number of hydrogen-bond acceptors (Lipinski definition) is 3. The van der Waals surface area contributed by atoms with Crippen molar-refractivity contribution in [3.05, 3.63) is 59.8 Å². The fourth-order valence-electron chi connectivity index (χ4n) is 2.72. The van der Waals surface area contributed by atoms with E-state index < -0.39 is 24.3 Å². The predicted octanol–water partition coefficient (Wildman–Crippen LogP) is 6.82. The molecular weight excluding hydrogens is 430 g/mol. The quantitative estimate of drug-likeness (QED) is 0.226. The number of aromatic amines is 1.